The Kier molecular flexibility index (Phi) is 6.68. The Labute approximate surface area is 213 Å². The third-order valence-corrected chi connectivity index (χ3v) is 6.20. The Morgan fingerprint density at radius 2 is 1.57 bits per heavy atom. The van der Waals surface area contributed by atoms with Crippen LogP contribution in [0.2, 0.25) is 0 Å². The Morgan fingerprint density at radius 3 is 2.24 bits per heavy atom. The first-order chi connectivity index (χ1) is 18.0. The van der Waals surface area contributed by atoms with Gasteiger partial charge in [0.15, 0.2) is 0 Å². The topological polar surface area (TPSA) is 100.0 Å². The summed E-state index contributed by atoms with van der Waals surface area (Å²) in [4.78, 5) is 31.8. The highest BCUT2D eigenvalue weighted by Gasteiger charge is 2.46. The number of aromatic hydroxyl groups is 1. The summed E-state index contributed by atoms with van der Waals surface area (Å²) in [6.45, 7) is 0.527. The van der Waals surface area contributed by atoms with Gasteiger partial charge in [0.2, 0.25) is 0 Å². The van der Waals surface area contributed by atoms with Crippen LogP contribution >= 0.6 is 0 Å². The van der Waals surface area contributed by atoms with E-state index in [2.05, 4.69) is 4.98 Å². The number of Topliss-reactive ketones (excluding diaryl/α,β-unsaturated/α-hetero) is 1. The van der Waals surface area contributed by atoms with Crippen molar-refractivity contribution >= 4 is 17.4 Å². The fraction of sp³-hybridized carbons (Fsp3) is 0.100. The molecule has 0 aliphatic carbocycles. The summed E-state index contributed by atoms with van der Waals surface area (Å²) < 4.78 is 5.82. The number of aliphatic hydroxyl groups is 1. The van der Waals surface area contributed by atoms with Gasteiger partial charge in [0.05, 0.1) is 11.6 Å². The molecule has 7 nitrogen and oxygen atoms in total. The van der Waals surface area contributed by atoms with Gasteiger partial charge in [0.25, 0.3) is 11.7 Å². The van der Waals surface area contributed by atoms with Gasteiger partial charge in [-0.15, -0.1) is 0 Å². The number of aromatic nitrogens is 1. The van der Waals surface area contributed by atoms with Crippen LogP contribution in [0.1, 0.15) is 28.3 Å². The Balaban J connectivity index is 1.48. The van der Waals surface area contributed by atoms with E-state index in [1.165, 1.54) is 17.0 Å². The van der Waals surface area contributed by atoms with E-state index < -0.39 is 17.7 Å². The number of carbonyl (C=O) groups excluding carboxylic acids is 2. The lowest BCUT2D eigenvalue weighted by Gasteiger charge is -2.25. The maximum Gasteiger partial charge on any atom is 0.295 e. The molecule has 1 amide bonds. The maximum atomic E-state index is 13.2. The van der Waals surface area contributed by atoms with Crippen LogP contribution in [-0.4, -0.2) is 31.8 Å². The molecule has 1 fully saturated rings. The number of carbonyl (C=O) groups is 2. The van der Waals surface area contributed by atoms with E-state index in [0.29, 0.717) is 23.5 Å². The monoisotopic (exact) mass is 492 g/mol. The van der Waals surface area contributed by atoms with Gasteiger partial charge in [-0.05, 0) is 59.2 Å². The summed E-state index contributed by atoms with van der Waals surface area (Å²) in [7, 11) is 0. The van der Waals surface area contributed by atoms with Gasteiger partial charge in [0.1, 0.15) is 23.9 Å². The molecule has 0 radical (unpaired) electrons. The Bertz CT molecular complexity index is 1430. The first-order valence-electron chi connectivity index (χ1n) is 11.7. The zero-order valence-corrected chi connectivity index (χ0v) is 19.8. The van der Waals surface area contributed by atoms with Gasteiger partial charge in [-0.25, -0.2) is 0 Å². The van der Waals surface area contributed by atoms with E-state index in [9.17, 15) is 19.8 Å². The van der Waals surface area contributed by atoms with Crippen LogP contribution in [0.25, 0.3) is 5.76 Å². The number of pyridine rings is 1. The number of likely N-dealkylation sites (tertiary alicyclic amines) is 1. The molecular weight excluding hydrogens is 468 g/mol. The summed E-state index contributed by atoms with van der Waals surface area (Å²) in [6, 6.07) is 25.4. The third-order valence-electron chi connectivity index (χ3n) is 6.20. The van der Waals surface area contributed by atoms with Crippen molar-refractivity contribution in [3.8, 4) is 11.5 Å². The predicted octanol–water partition coefficient (Wildman–Crippen LogP) is 4.99. The molecule has 1 atom stereocenters. The molecule has 2 N–H and O–H groups in total. The molecule has 3 aromatic carbocycles. The van der Waals surface area contributed by atoms with Crippen molar-refractivity contribution in [2.24, 2.45) is 0 Å². The molecule has 1 aliphatic rings. The molecular formula is C30H24N2O5. The second-order valence-electron chi connectivity index (χ2n) is 8.68. The summed E-state index contributed by atoms with van der Waals surface area (Å²) in [5.74, 6) is -1.11. The average Bonchev–Trinajstić information content (AvgIpc) is 3.18. The fourth-order valence-electron chi connectivity index (χ4n) is 4.34. The molecule has 1 aromatic heterocycles. The average molecular weight is 493 g/mol. The predicted molar refractivity (Wildman–Crippen MR) is 137 cm³/mol. The van der Waals surface area contributed by atoms with Crippen molar-refractivity contribution in [1.29, 1.82) is 0 Å². The molecule has 4 aromatic rings. The number of ether oxygens (including phenoxy) is 1. The first kappa shape index (κ1) is 23.8. The molecule has 184 valence electrons. The second kappa shape index (κ2) is 10.4. The van der Waals surface area contributed by atoms with Crippen molar-refractivity contribution in [2.45, 2.75) is 19.2 Å². The lowest BCUT2D eigenvalue weighted by molar-refractivity contribution is -0.140. The number of rotatable bonds is 7. The largest absolute Gasteiger partial charge is 0.508 e. The van der Waals surface area contributed by atoms with Crippen LogP contribution in [0.15, 0.2) is 109 Å². The molecule has 0 spiro atoms. The number of hydrogen-bond donors (Lipinski definition) is 2. The molecule has 0 bridgehead atoms. The standard InChI is InChI=1S/C30H24N2O5/c33-24-12-8-22(9-13-24)27-26(29(35)30(36)32(27)18-21-7-4-16-31-17-21)28(34)23-10-14-25(15-11-23)37-19-20-5-2-1-3-6-20/h1-17,27,33-34H,18-19H2. The fourth-order valence-corrected chi connectivity index (χ4v) is 4.34. The summed E-state index contributed by atoms with van der Waals surface area (Å²) >= 11 is 0. The van der Waals surface area contributed by atoms with Crippen LogP contribution in [0.5, 0.6) is 11.5 Å². The lowest BCUT2D eigenvalue weighted by Crippen LogP contribution is -2.29. The van der Waals surface area contributed by atoms with Crippen molar-refractivity contribution in [2.75, 3.05) is 0 Å². The summed E-state index contributed by atoms with van der Waals surface area (Å²) in [6.07, 6.45) is 3.25. The normalized spacial score (nSPS) is 16.6. The number of aliphatic hydroxyl groups excluding tert-OH is 1. The van der Waals surface area contributed by atoms with Gasteiger partial charge in [-0.1, -0.05) is 48.5 Å². The molecule has 2 heterocycles. The van der Waals surface area contributed by atoms with Gasteiger partial charge in [-0.3, -0.25) is 14.6 Å². The molecule has 1 aliphatic heterocycles. The van der Waals surface area contributed by atoms with E-state index in [4.69, 9.17) is 4.74 Å². The van der Waals surface area contributed by atoms with E-state index in [1.54, 1.807) is 54.9 Å². The molecule has 7 heteroatoms. The summed E-state index contributed by atoms with van der Waals surface area (Å²) in [5, 5.41) is 21.0. The zero-order valence-electron chi connectivity index (χ0n) is 19.8. The smallest absolute Gasteiger partial charge is 0.295 e. The highest BCUT2D eigenvalue weighted by molar-refractivity contribution is 6.46. The number of phenols is 1. The number of nitrogens with zero attached hydrogens (tertiary/aromatic N) is 2. The Hall–Kier alpha value is -4.91. The summed E-state index contributed by atoms with van der Waals surface area (Å²) in [5.41, 5.74) is 2.73. The van der Waals surface area contributed by atoms with Crippen molar-refractivity contribution in [3.63, 3.8) is 0 Å². The highest BCUT2D eigenvalue weighted by atomic mass is 16.5. The van der Waals surface area contributed by atoms with Crippen LogP contribution < -0.4 is 4.74 Å². The van der Waals surface area contributed by atoms with Crippen LogP contribution in [0, 0.1) is 0 Å². The van der Waals surface area contributed by atoms with Crippen LogP contribution in [-0.2, 0) is 22.7 Å². The van der Waals surface area contributed by atoms with E-state index in [-0.39, 0.29) is 23.6 Å². The van der Waals surface area contributed by atoms with E-state index in [0.717, 1.165) is 11.1 Å². The molecule has 37 heavy (non-hydrogen) atoms. The van der Waals surface area contributed by atoms with Gasteiger partial charge < -0.3 is 19.8 Å². The minimum atomic E-state index is -0.838. The number of amides is 1. The van der Waals surface area contributed by atoms with Gasteiger partial charge >= 0.3 is 0 Å². The first-order valence-corrected chi connectivity index (χ1v) is 11.7. The minimum absolute atomic E-state index is 0.0162. The van der Waals surface area contributed by atoms with Gasteiger partial charge in [0, 0.05) is 24.5 Å². The minimum Gasteiger partial charge on any atom is -0.508 e. The highest BCUT2D eigenvalue weighted by Crippen LogP contribution is 2.40. The zero-order chi connectivity index (χ0) is 25.8. The number of hydrogen-bond acceptors (Lipinski definition) is 6. The Morgan fingerprint density at radius 1 is 0.865 bits per heavy atom. The lowest BCUT2D eigenvalue weighted by atomic mass is 9.95. The van der Waals surface area contributed by atoms with Crippen molar-refractivity contribution in [3.05, 3.63) is 131 Å². The SMILES string of the molecule is O=C1C(=O)N(Cc2cccnc2)C(c2ccc(O)cc2)C1=C(O)c1ccc(OCc2ccccc2)cc1. The van der Waals surface area contributed by atoms with E-state index >= 15 is 0 Å². The molecule has 1 saturated heterocycles. The number of benzene rings is 3. The van der Waals surface area contributed by atoms with Crippen molar-refractivity contribution < 1.29 is 24.5 Å². The van der Waals surface area contributed by atoms with Crippen LogP contribution in [0.4, 0.5) is 0 Å². The molecule has 1 unspecified atom stereocenters. The quantitative estimate of drug-likeness (QED) is 0.214. The number of phenolic OH excluding ortho intramolecular Hbond substituents is 1. The second-order valence-corrected chi connectivity index (χ2v) is 8.68. The number of ketones is 1. The van der Waals surface area contributed by atoms with Crippen LogP contribution in [0.3, 0.4) is 0 Å². The van der Waals surface area contributed by atoms with Gasteiger partial charge in [-0.2, -0.15) is 0 Å². The van der Waals surface area contributed by atoms with Crippen molar-refractivity contribution in [1.82, 2.24) is 9.88 Å². The molecule has 5 rings (SSSR count). The van der Waals surface area contributed by atoms with E-state index in [1.807, 2.05) is 36.4 Å². The third kappa shape index (κ3) is 5.06. The molecule has 0 saturated carbocycles. The maximum absolute atomic E-state index is 13.2.